The van der Waals surface area contributed by atoms with E-state index in [4.69, 9.17) is 26.4 Å². The third-order valence-corrected chi connectivity index (χ3v) is 6.07. The zero-order valence-corrected chi connectivity index (χ0v) is 17.9. The highest BCUT2D eigenvalue weighted by atomic mass is 35.5. The van der Waals surface area contributed by atoms with Gasteiger partial charge in [-0.1, -0.05) is 35.2 Å². The molecule has 4 rings (SSSR count). The molecule has 0 atom stereocenters. The SMILES string of the molecule is OCCC#COCCN1CCC(=C2c3ccc(Cl)cc3CCc3cccnc32)CC1. The number of rotatable bonds is 4. The van der Waals surface area contributed by atoms with Crippen LogP contribution >= 0.6 is 11.6 Å². The molecule has 0 unspecified atom stereocenters. The molecule has 4 nitrogen and oxygen atoms in total. The smallest absolute Gasteiger partial charge is 0.113 e. The number of nitrogens with zero attached hydrogens (tertiary/aromatic N) is 2. The van der Waals surface area contributed by atoms with Crippen molar-refractivity contribution in [3.63, 3.8) is 0 Å². The second-order valence-corrected chi connectivity index (χ2v) is 8.17. The molecule has 0 spiro atoms. The van der Waals surface area contributed by atoms with Gasteiger partial charge in [-0.25, -0.2) is 0 Å². The summed E-state index contributed by atoms with van der Waals surface area (Å²) in [7, 11) is 0. The lowest BCUT2D eigenvalue weighted by Crippen LogP contribution is -2.33. The molecule has 1 aliphatic heterocycles. The number of hydrogen-bond donors (Lipinski definition) is 1. The fourth-order valence-corrected chi connectivity index (χ4v) is 4.51. The van der Waals surface area contributed by atoms with E-state index in [2.05, 4.69) is 35.1 Å². The number of piperidine rings is 1. The van der Waals surface area contributed by atoms with Crippen molar-refractivity contribution in [3.8, 4) is 12.0 Å². The number of aryl methyl sites for hydroxylation is 2. The van der Waals surface area contributed by atoms with Crippen LogP contribution in [0.3, 0.4) is 0 Å². The van der Waals surface area contributed by atoms with Crippen LogP contribution in [0.15, 0.2) is 42.1 Å². The summed E-state index contributed by atoms with van der Waals surface area (Å²) in [6.07, 6.45) is 9.07. The van der Waals surface area contributed by atoms with E-state index in [0.717, 1.165) is 56.0 Å². The average Bonchev–Trinajstić information content (AvgIpc) is 2.93. The van der Waals surface area contributed by atoms with Gasteiger partial charge < -0.3 is 9.84 Å². The minimum atomic E-state index is 0.0766. The van der Waals surface area contributed by atoms with E-state index in [-0.39, 0.29) is 6.61 Å². The van der Waals surface area contributed by atoms with E-state index in [1.807, 2.05) is 18.3 Å². The van der Waals surface area contributed by atoms with Gasteiger partial charge in [0.05, 0.1) is 12.3 Å². The number of aliphatic hydroxyl groups excluding tert-OH is 1. The largest absolute Gasteiger partial charge is 0.445 e. The van der Waals surface area contributed by atoms with Gasteiger partial charge in [-0.15, -0.1) is 0 Å². The van der Waals surface area contributed by atoms with Crippen molar-refractivity contribution < 1.29 is 9.84 Å². The van der Waals surface area contributed by atoms with Crippen molar-refractivity contribution in [3.05, 3.63) is 69.5 Å². The summed E-state index contributed by atoms with van der Waals surface area (Å²) in [5.41, 5.74) is 7.89. The number of halogens is 1. The maximum absolute atomic E-state index is 8.73. The van der Waals surface area contributed by atoms with Gasteiger partial charge in [0.25, 0.3) is 0 Å². The van der Waals surface area contributed by atoms with Crippen LogP contribution < -0.4 is 0 Å². The Morgan fingerprint density at radius 2 is 1.93 bits per heavy atom. The number of hydrogen-bond acceptors (Lipinski definition) is 4. The molecular formula is C25H27ClN2O2. The van der Waals surface area contributed by atoms with Crippen molar-refractivity contribution in [2.75, 3.05) is 32.8 Å². The lowest BCUT2D eigenvalue weighted by atomic mass is 9.88. The van der Waals surface area contributed by atoms with Crippen molar-refractivity contribution in [1.82, 2.24) is 9.88 Å². The Kier molecular flexibility index (Phi) is 7.07. The predicted molar refractivity (Wildman–Crippen MR) is 120 cm³/mol. The summed E-state index contributed by atoms with van der Waals surface area (Å²) in [5.74, 6) is 2.79. The zero-order chi connectivity index (χ0) is 20.8. The van der Waals surface area contributed by atoms with Crippen molar-refractivity contribution in [2.24, 2.45) is 0 Å². The molecule has 0 saturated carbocycles. The summed E-state index contributed by atoms with van der Waals surface area (Å²) in [6.45, 7) is 3.56. The van der Waals surface area contributed by atoms with Crippen LogP contribution in [0.25, 0.3) is 5.57 Å². The van der Waals surface area contributed by atoms with Crippen LogP contribution in [-0.4, -0.2) is 47.8 Å². The number of pyridine rings is 1. The molecule has 2 heterocycles. The monoisotopic (exact) mass is 422 g/mol. The van der Waals surface area contributed by atoms with E-state index < -0.39 is 0 Å². The first kappa shape index (κ1) is 20.9. The van der Waals surface area contributed by atoms with Crippen LogP contribution in [0, 0.1) is 12.0 Å². The highest BCUT2D eigenvalue weighted by molar-refractivity contribution is 6.30. The minimum absolute atomic E-state index is 0.0766. The molecular weight excluding hydrogens is 396 g/mol. The summed E-state index contributed by atoms with van der Waals surface area (Å²) in [4.78, 5) is 7.23. The van der Waals surface area contributed by atoms with E-state index in [0.29, 0.717) is 13.0 Å². The number of ether oxygens (including phenoxy) is 1. The predicted octanol–water partition coefficient (Wildman–Crippen LogP) is 4.09. The Balaban J connectivity index is 1.53. The summed E-state index contributed by atoms with van der Waals surface area (Å²) in [5, 5.41) is 9.53. The minimum Gasteiger partial charge on any atom is -0.445 e. The molecule has 1 saturated heterocycles. The van der Waals surface area contributed by atoms with Crippen LogP contribution in [-0.2, 0) is 17.6 Å². The molecule has 1 fully saturated rings. The van der Waals surface area contributed by atoms with E-state index in [1.54, 1.807) is 0 Å². The van der Waals surface area contributed by atoms with E-state index in [9.17, 15) is 0 Å². The fourth-order valence-electron chi connectivity index (χ4n) is 4.31. The first-order chi connectivity index (χ1) is 14.8. The Labute approximate surface area is 183 Å². The van der Waals surface area contributed by atoms with Crippen molar-refractivity contribution in [2.45, 2.75) is 32.1 Å². The summed E-state index contributed by atoms with van der Waals surface area (Å²) in [6, 6.07) is 10.5. The van der Waals surface area contributed by atoms with Crippen LogP contribution in [0.2, 0.25) is 5.02 Å². The van der Waals surface area contributed by atoms with E-state index in [1.165, 1.54) is 27.8 Å². The Bertz CT molecular complexity index is 980. The summed E-state index contributed by atoms with van der Waals surface area (Å²) >= 11 is 6.31. The zero-order valence-electron chi connectivity index (χ0n) is 17.2. The standard InChI is InChI=1S/C25H27ClN2O2/c26-22-7-8-23-21(18-22)6-5-20-4-3-11-27-25(20)24(23)19-9-12-28(13-10-19)14-17-30-16-2-1-15-29/h3-4,7-8,11,18,29H,1,5-6,9-10,12-15,17H2. The second kappa shape index (κ2) is 10.1. The number of aliphatic hydroxyl groups is 1. The highest BCUT2D eigenvalue weighted by Crippen LogP contribution is 2.38. The molecule has 0 bridgehead atoms. The molecule has 1 N–H and O–H groups in total. The molecule has 0 amide bonds. The second-order valence-electron chi connectivity index (χ2n) is 7.73. The quantitative estimate of drug-likeness (QED) is 0.595. The molecule has 30 heavy (non-hydrogen) atoms. The Morgan fingerprint density at radius 1 is 1.10 bits per heavy atom. The maximum atomic E-state index is 8.73. The first-order valence-corrected chi connectivity index (χ1v) is 11.0. The fraction of sp³-hybridized carbons (Fsp3) is 0.400. The molecule has 156 valence electrons. The molecule has 5 heteroatoms. The van der Waals surface area contributed by atoms with Gasteiger partial charge in [0.15, 0.2) is 0 Å². The maximum Gasteiger partial charge on any atom is 0.113 e. The third-order valence-electron chi connectivity index (χ3n) is 5.83. The third kappa shape index (κ3) is 4.87. The summed E-state index contributed by atoms with van der Waals surface area (Å²) < 4.78 is 5.35. The number of benzene rings is 1. The van der Waals surface area contributed by atoms with Gasteiger partial charge >= 0.3 is 0 Å². The Hall–Kier alpha value is -2.32. The normalized spacial score (nSPS) is 16.2. The number of fused-ring (bicyclic) bond motifs is 2. The van der Waals surface area contributed by atoms with Crippen LogP contribution in [0.1, 0.15) is 41.6 Å². The molecule has 1 aromatic heterocycles. The van der Waals surface area contributed by atoms with Crippen molar-refractivity contribution in [1.29, 1.82) is 0 Å². The van der Waals surface area contributed by atoms with Gasteiger partial charge in [0, 0.05) is 42.8 Å². The first-order valence-electron chi connectivity index (χ1n) is 10.6. The topological polar surface area (TPSA) is 45.6 Å². The highest BCUT2D eigenvalue weighted by Gasteiger charge is 2.25. The number of likely N-dealkylation sites (tertiary alicyclic amines) is 1. The van der Waals surface area contributed by atoms with Crippen LogP contribution in [0.4, 0.5) is 0 Å². The number of aromatic nitrogens is 1. The molecule has 1 aliphatic carbocycles. The lowest BCUT2D eigenvalue weighted by Gasteiger charge is -2.30. The van der Waals surface area contributed by atoms with Crippen LogP contribution in [0.5, 0.6) is 0 Å². The molecule has 2 aromatic rings. The van der Waals surface area contributed by atoms with Gasteiger partial charge in [-0.05, 0) is 60.6 Å². The lowest BCUT2D eigenvalue weighted by molar-refractivity contribution is 0.182. The van der Waals surface area contributed by atoms with Gasteiger partial charge in [-0.3, -0.25) is 9.88 Å². The van der Waals surface area contributed by atoms with E-state index >= 15 is 0 Å². The van der Waals surface area contributed by atoms with Gasteiger partial charge in [-0.2, -0.15) is 0 Å². The average molecular weight is 423 g/mol. The Morgan fingerprint density at radius 3 is 2.77 bits per heavy atom. The van der Waals surface area contributed by atoms with Gasteiger partial charge in [0.1, 0.15) is 12.7 Å². The molecule has 0 radical (unpaired) electrons. The van der Waals surface area contributed by atoms with Crippen molar-refractivity contribution >= 4 is 17.2 Å². The molecule has 1 aromatic carbocycles. The van der Waals surface area contributed by atoms with Gasteiger partial charge in [0.2, 0.25) is 0 Å². The molecule has 2 aliphatic rings.